The third-order valence-corrected chi connectivity index (χ3v) is 7.59. The molecule has 194 valence electrons. The highest BCUT2D eigenvalue weighted by Crippen LogP contribution is 2.27. The molecule has 0 N–H and O–H groups in total. The Balaban J connectivity index is 1.34. The van der Waals surface area contributed by atoms with Crippen molar-refractivity contribution in [3.63, 3.8) is 0 Å². The summed E-state index contributed by atoms with van der Waals surface area (Å²) in [5.41, 5.74) is 0. The van der Waals surface area contributed by atoms with Crippen LogP contribution in [0, 0.1) is 5.92 Å². The summed E-state index contributed by atoms with van der Waals surface area (Å²) in [4.78, 5) is 12.4. The molecular formula is C29H54O4. The summed E-state index contributed by atoms with van der Waals surface area (Å²) in [6.07, 6.45) is 26.9. The van der Waals surface area contributed by atoms with Gasteiger partial charge in [0, 0.05) is 0 Å². The highest BCUT2D eigenvalue weighted by Gasteiger charge is 2.27. The Morgan fingerprint density at radius 1 is 0.576 bits per heavy atom. The molecule has 2 saturated carbocycles. The second-order valence-electron chi connectivity index (χ2n) is 10.5. The summed E-state index contributed by atoms with van der Waals surface area (Å²) in [7, 11) is 0. The molecule has 4 nitrogen and oxygen atoms in total. The topological polar surface area (TPSA) is 44.8 Å². The van der Waals surface area contributed by atoms with Crippen LogP contribution in [0.1, 0.15) is 142 Å². The number of ether oxygens (including phenoxy) is 3. The van der Waals surface area contributed by atoms with E-state index in [2.05, 4.69) is 6.92 Å². The number of hydrogen-bond acceptors (Lipinski definition) is 4. The van der Waals surface area contributed by atoms with Gasteiger partial charge in [0.1, 0.15) is 0 Å². The normalized spacial score (nSPS) is 21.8. The third-order valence-electron chi connectivity index (χ3n) is 7.59. The van der Waals surface area contributed by atoms with Gasteiger partial charge in [0.05, 0.1) is 37.9 Å². The van der Waals surface area contributed by atoms with Crippen LogP contribution in [-0.2, 0) is 19.0 Å². The van der Waals surface area contributed by atoms with E-state index < -0.39 is 0 Å². The molecule has 0 radical (unpaired) electrons. The van der Waals surface area contributed by atoms with E-state index in [9.17, 15) is 4.79 Å². The van der Waals surface area contributed by atoms with Crippen LogP contribution in [0.5, 0.6) is 0 Å². The predicted octanol–water partition coefficient (Wildman–Crippen LogP) is 8.16. The van der Waals surface area contributed by atoms with Crippen molar-refractivity contribution in [3.05, 3.63) is 0 Å². The molecule has 0 bridgehead atoms. The lowest BCUT2D eigenvalue weighted by Crippen LogP contribution is -2.29. The van der Waals surface area contributed by atoms with Crippen molar-refractivity contribution in [2.45, 2.75) is 154 Å². The Kier molecular flexibility index (Phi) is 17.1. The van der Waals surface area contributed by atoms with E-state index in [-0.39, 0.29) is 11.9 Å². The number of carbonyl (C=O) groups is 1. The van der Waals surface area contributed by atoms with E-state index in [4.69, 9.17) is 14.2 Å². The number of unbranched alkanes of at least 4 members (excludes halogenated alkanes) is 11. The first-order valence-corrected chi connectivity index (χ1v) is 14.7. The maximum atomic E-state index is 12.4. The van der Waals surface area contributed by atoms with Crippen LogP contribution in [0.3, 0.4) is 0 Å². The standard InChI is InChI=1S/C29H54O4/c1-2-3-4-5-6-7-8-9-10-11-12-16-23-33-29(30)26-19-21-28(22-20-26)32-25-24-31-27-17-14-13-15-18-27/h26-28H,2-25H2,1H3. The van der Waals surface area contributed by atoms with E-state index in [1.54, 1.807) is 0 Å². The molecule has 0 aromatic rings. The van der Waals surface area contributed by atoms with Gasteiger partial charge in [-0.25, -0.2) is 0 Å². The Morgan fingerprint density at radius 2 is 1.06 bits per heavy atom. The summed E-state index contributed by atoms with van der Waals surface area (Å²) in [5, 5.41) is 0. The lowest BCUT2D eigenvalue weighted by Gasteiger charge is -2.28. The van der Waals surface area contributed by atoms with Crippen molar-refractivity contribution in [1.82, 2.24) is 0 Å². The van der Waals surface area contributed by atoms with E-state index in [0.29, 0.717) is 32.0 Å². The quantitative estimate of drug-likeness (QED) is 0.142. The van der Waals surface area contributed by atoms with Gasteiger partial charge in [0.15, 0.2) is 0 Å². The van der Waals surface area contributed by atoms with Gasteiger partial charge in [-0.15, -0.1) is 0 Å². The van der Waals surface area contributed by atoms with Crippen LogP contribution in [-0.4, -0.2) is 38.0 Å². The summed E-state index contributed by atoms with van der Waals surface area (Å²) in [6.45, 7) is 4.28. The first kappa shape index (κ1) is 28.6. The third kappa shape index (κ3) is 14.4. The molecule has 0 spiro atoms. The number of rotatable bonds is 19. The number of carbonyl (C=O) groups excluding carboxylic acids is 1. The molecular weight excluding hydrogens is 412 g/mol. The summed E-state index contributed by atoms with van der Waals surface area (Å²) in [6, 6.07) is 0. The molecule has 0 aromatic heterocycles. The van der Waals surface area contributed by atoms with Crippen LogP contribution >= 0.6 is 0 Å². The Morgan fingerprint density at radius 3 is 1.61 bits per heavy atom. The molecule has 33 heavy (non-hydrogen) atoms. The number of hydrogen-bond donors (Lipinski definition) is 0. The first-order valence-electron chi connectivity index (χ1n) is 14.7. The lowest BCUT2D eigenvalue weighted by molar-refractivity contribution is -0.151. The molecule has 4 heteroatoms. The van der Waals surface area contributed by atoms with Crippen LogP contribution in [0.2, 0.25) is 0 Å². The minimum absolute atomic E-state index is 0.0251. The Hall–Kier alpha value is -0.610. The van der Waals surface area contributed by atoms with Crippen molar-refractivity contribution < 1.29 is 19.0 Å². The van der Waals surface area contributed by atoms with Crippen LogP contribution in [0.4, 0.5) is 0 Å². The van der Waals surface area contributed by atoms with Crippen molar-refractivity contribution in [2.75, 3.05) is 19.8 Å². The fourth-order valence-corrected chi connectivity index (χ4v) is 5.36. The molecule has 0 heterocycles. The molecule has 2 aliphatic carbocycles. The largest absolute Gasteiger partial charge is 0.465 e. The molecule has 2 rings (SSSR count). The summed E-state index contributed by atoms with van der Waals surface area (Å²) >= 11 is 0. The second-order valence-corrected chi connectivity index (χ2v) is 10.5. The molecule has 2 fully saturated rings. The maximum absolute atomic E-state index is 12.4. The average Bonchev–Trinajstić information content (AvgIpc) is 2.85. The molecule has 0 atom stereocenters. The zero-order valence-electron chi connectivity index (χ0n) is 21.8. The van der Waals surface area contributed by atoms with Gasteiger partial charge in [0.2, 0.25) is 0 Å². The SMILES string of the molecule is CCCCCCCCCCCCCCOC(=O)C1CCC(OCCOC2CCCCC2)CC1. The second kappa shape index (κ2) is 19.7. The van der Waals surface area contributed by atoms with E-state index in [1.165, 1.54) is 103 Å². The highest BCUT2D eigenvalue weighted by atomic mass is 16.5. The monoisotopic (exact) mass is 466 g/mol. The van der Waals surface area contributed by atoms with Gasteiger partial charge >= 0.3 is 5.97 Å². The molecule has 2 aliphatic rings. The zero-order chi connectivity index (χ0) is 23.4. The highest BCUT2D eigenvalue weighted by molar-refractivity contribution is 5.72. The van der Waals surface area contributed by atoms with E-state index in [1.807, 2.05) is 0 Å². The molecule has 0 aromatic carbocycles. The molecule has 0 unspecified atom stereocenters. The van der Waals surface area contributed by atoms with Crippen molar-refractivity contribution in [3.8, 4) is 0 Å². The van der Waals surface area contributed by atoms with E-state index >= 15 is 0 Å². The van der Waals surface area contributed by atoms with Gasteiger partial charge in [-0.3, -0.25) is 4.79 Å². The Bertz CT molecular complexity index is 453. The fraction of sp³-hybridized carbons (Fsp3) is 0.966. The predicted molar refractivity (Wildman–Crippen MR) is 137 cm³/mol. The van der Waals surface area contributed by atoms with Crippen LogP contribution in [0.25, 0.3) is 0 Å². The number of esters is 1. The van der Waals surface area contributed by atoms with Crippen molar-refractivity contribution in [1.29, 1.82) is 0 Å². The molecule has 0 amide bonds. The van der Waals surface area contributed by atoms with Crippen LogP contribution in [0.15, 0.2) is 0 Å². The minimum Gasteiger partial charge on any atom is -0.465 e. The maximum Gasteiger partial charge on any atom is 0.308 e. The van der Waals surface area contributed by atoms with Crippen LogP contribution < -0.4 is 0 Å². The first-order chi connectivity index (χ1) is 16.3. The van der Waals surface area contributed by atoms with Crippen molar-refractivity contribution >= 4 is 5.97 Å². The van der Waals surface area contributed by atoms with Gasteiger partial charge in [-0.1, -0.05) is 96.8 Å². The van der Waals surface area contributed by atoms with Gasteiger partial charge in [-0.05, 0) is 44.9 Å². The van der Waals surface area contributed by atoms with Gasteiger partial charge < -0.3 is 14.2 Å². The minimum atomic E-state index is 0.0251. The van der Waals surface area contributed by atoms with E-state index in [0.717, 1.165) is 32.1 Å². The molecule has 0 aliphatic heterocycles. The summed E-state index contributed by atoms with van der Waals surface area (Å²) in [5.74, 6) is 0.109. The smallest absolute Gasteiger partial charge is 0.308 e. The fourth-order valence-electron chi connectivity index (χ4n) is 5.36. The van der Waals surface area contributed by atoms with Gasteiger partial charge in [0.25, 0.3) is 0 Å². The van der Waals surface area contributed by atoms with Crippen molar-refractivity contribution in [2.24, 2.45) is 5.92 Å². The van der Waals surface area contributed by atoms with Gasteiger partial charge in [-0.2, -0.15) is 0 Å². The molecule has 0 saturated heterocycles. The average molecular weight is 467 g/mol. The lowest BCUT2D eigenvalue weighted by atomic mass is 9.87. The summed E-state index contributed by atoms with van der Waals surface area (Å²) < 4.78 is 17.5. The zero-order valence-corrected chi connectivity index (χ0v) is 21.8. The Labute approximate surface area is 204 Å².